The Kier molecular flexibility index (Phi) is 2.96. The van der Waals surface area contributed by atoms with Gasteiger partial charge in [0.1, 0.15) is 17.4 Å². The maximum atomic E-state index is 11.0. The molecule has 0 aromatic heterocycles. The Bertz CT molecular complexity index is 523. The van der Waals surface area contributed by atoms with Crippen LogP contribution in [0.4, 0.5) is 0 Å². The van der Waals surface area contributed by atoms with Gasteiger partial charge in [-0.2, -0.15) is 5.26 Å². The number of benzene rings is 1. The molecule has 1 aromatic carbocycles. The first-order valence-electron chi connectivity index (χ1n) is 6.62. The van der Waals surface area contributed by atoms with Gasteiger partial charge < -0.3 is 14.6 Å². The summed E-state index contributed by atoms with van der Waals surface area (Å²) in [6.07, 6.45) is 3.34. The predicted molar refractivity (Wildman–Crippen MR) is 68.7 cm³/mol. The van der Waals surface area contributed by atoms with Crippen molar-refractivity contribution in [2.75, 3.05) is 7.11 Å². The molecule has 1 aromatic rings. The van der Waals surface area contributed by atoms with Crippen molar-refractivity contribution < 1.29 is 14.6 Å². The lowest BCUT2D eigenvalue weighted by Gasteiger charge is -2.37. The van der Waals surface area contributed by atoms with Crippen LogP contribution in [0.2, 0.25) is 0 Å². The van der Waals surface area contributed by atoms with Crippen LogP contribution in [0, 0.1) is 11.3 Å². The third kappa shape index (κ3) is 1.99. The van der Waals surface area contributed by atoms with E-state index in [0.717, 1.165) is 12.8 Å². The van der Waals surface area contributed by atoms with Crippen LogP contribution in [-0.4, -0.2) is 24.4 Å². The zero-order valence-electron chi connectivity index (χ0n) is 10.9. The lowest BCUT2D eigenvalue weighted by molar-refractivity contribution is -0.115. The quantitative estimate of drug-likeness (QED) is 0.883. The van der Waals surface area contributed by atoms with Gasteiger partial charge in [-0.1, -0.05) is 12.1 Å². The first-order valence-corrected chi connectivity index (χ1v) is 6.62. The monoisotopic (exact) mass is 259 g/mol. The van der Waals surface area contributed by atoms with Crippen LogP contribution in [0.1, 0.15) is 36.8 Å². The molecule has 3 rings (SSSR count). The van der Waals surface area contributed by atoms with Crippen LogP contribution >= 0.6 is 0 Å². The van der Waals surface area contributed by atoms with Crippen molar-refractivity contribution in [2.45, 2.75) is 43.5 Å². The molecule has 2 unspecified atom stereocenters. The maximum absolute atomic E-state index is 11.0. The number of ether oxygens (including phenoxy) is 2. The zero-order chi connectivity index (χ0) is 13.5. The van der Waals surface area contributed by atoms with Crippen molar-refractivity contribution in [1.82, 2.24) is 0 Å². The number of nitrogens with zero attached hydrogens (tertiary/aromatic N) is 1. The summed E-state index contributed by atoms with van der Waals surface area (Å²) in [6, 6.07) is 7.56. The van der Waals surface area contributed by atoms with Gasteiger partial charge >= 0.3 is 0 Å². The molecule has 4 nitrogen and oxygen atoms in total. The standard InChI is InChI=1S/C15H17NO3/c1-18-14-4-2-3-13(12(14)9-16)15(17)7-10-5-6-11(8-15)19-10/h2-4,10-11,17H,5-8H2,1H3. The van der Waals surface area contributed by atoms with E-state index < -0.39 is 5.60 Å². The fourth-order valence-corrected chi connectivity index (χ4v) is 3.34. The fourth-order valence-electron chi connectivity index (χ4n) is 3.34. The summed E-state index contributed by atoms with van der Waals surface area (Å²) in [5, 5.41) is 20.3. The molecule has 2 atom stereocenters. The smallest absolute Gasteiger partial charge is 0.137 e. The van der Waals surface area contributed by atoms with Gasteiger partial charge in [0, 0.05) is 18.4 Å². The Morgan fingerprint density at radius 3 is 2.63 bits per heavy atom. The van der Waals surface area contributed by atoms with Gasteiger partial charge in [-0.3, -0.25) is 0 Å². The minimum atomic E-state index is -0.969. The van der Waals surface area contributed by atoms with Crippen molar-refractivity contribution in [2.24, 2.45) is 0 Å². The number of rotatable bonds is 2. The fraction of sp³-hybridized carbons (Fsp3) is 0.533. The Balaban J connectivity index is 2.04. The molecule has 2 aliphatic heterocycles. The van der Waals surface area contributed by atoms with Crippen molar-refractivity contribution in [1.29, 1.82) is 5.26 Å². The van der Waals surface area contributed by atoms with E-state index in [0.29, 0.717) is 29.7 Å². The molecular formula is C15H17NO3. The molecular weight excluding hydrogens is 242 g/mol. The molecule has 0 amide bonds. The lowest BCUT2D eigenvalue weighted by Crippen LogP contribution is -2.39. The van der Waals surface area contributed by atoms with Crippen molar-refractivity contribution in [3.05, 3.63) is 29.3 Å². The van der Waals surface area contributed by atoms with E-state index in [1.165, 1.54) is 7.11 Å². The summed E-state index contributed by atoms with van der Waals surface area (Å²) in [6.45, 7) is 0. The highest BCUT2D eigenvalue weighted by molar-refractivity contribution is 5.51. The van der Waals surface area contributed by atoms with Gasteiger partial charge in [-0.05, 0) is 18.9 Å². The predicted octanol–water partition coefficient (Wildman–Crippen LogP) is 2.10. The average molecular weight is 259 g/mol. The van der Waals surface area contributed by atoms with Crippen LogP contribution in [0.15, 0.2) is 18.2 Å². The van der Waals surface area contributed by atoms with Crippen LogP contribution in [0.3, 0.4) is 0 Å². The average Bonchev–Trinajstić information content (AvgIpc) is 2.77. The van der Waals surface area contributed by atoms with Gasteiger partial charge in [0.25, 0.3) is 0 Å². The molecule has 0 saturated carbocycles. The van der Waals surface area contributed by atoms with E-state index in [2.05, 4.69) is 6.07 Å². The summed E-state index contributed by atoms with van der Waals surface area (Å²) in [5.41, 5.74) is 0.146. The van der Waals surface area contributed by atoms with E-state index in [1.807, 2.05) is 12.1 Å². The number of hydrogen-bond donors (Lipinski definition) is 1. The van der Waals surface area contributed by atoms with E-state index in [1.54, 1.807) is 6.07 Å². The number of aliphatic hydroxyl groups is 1. The molecule has 0 radical (unpaired) electrons. The Morgan fingerprint density at radius 2 is 2.05 bits per heavy atom. The summed E-state index contributed by atoms with van der Waals surface area (Å²) in [7, 11) is 1.54. The topological polar surface area (TPSA) is 62.5 Å². The molecule has 4 heteroatoms. The zero-order valence-corrected chi connectivity index (χ0v) is 10.9. The van der Waals surface area contributed by atoms with Gasteiger partial charge in [-0.15, -0.1) is 0 Å². The second kappa shape index (κ2) is 4.52. The SMILES string of the molecule is COc1cccc(C2(O)CC3CCC(C2)O3)c1C#N. The van der Waals surface area contributed by atoms with E-state index in [-0.39, 0.29) is 12.2 Å². The molecule has 2 saturated heterocycles. The second-order valence-corrected chi connectivity index (χ2v) is 5.39. The molecule has 2 fully saturated rings. The van der Waals surface area contributed by atoms with Crippen molar-refractivity contribution >= 4 is 0 Å². The highest BCUT2D eigenvalue weighted by Crippen LogP contribution is 2.45. The summed E-state index contributed by atoms with van der Waals surface area (Å²) >= 11 is 0. The van der Waals surface area contributed by atoms with Gasteiger partial charge in [0.2, 0.25) is 0 Å². The van der Waals surface area contributed by atoms with Crippen molar-refractivity contribution in [3.8, 4) is 11.8 Å². The van der Waals surface area contributed by atoms with Crippen LogP contribution < -0.4 is 4.74 Å². The molecule has 2 heterocycles. The maximum Gasteiger partial charge on any atom is 0.137 e. The number of methoxy groups -OCH3 is 1. The minimum absolute atomic E-state index is 0.112. The van der Waals surface area contributed by atoms with E-state index >= 15 is 0 Å². The molecule has 100 valence electrons. The minimum Gasteiger partial charge on any atom is -0.495 e. The summed E-state index contributed by atoms with van der Waals surface area (Å²) < 4.78 is 11.0. The highest BCUT2D eigenvalue weighted by atomic mass is 16.5. The van der Waals surface area contributed by atoms with E-state index in [4.69, 9.17) is 9.47 Å². The highest BCUT2D eigenvalue weighted by Gasteiger charge is 2.45. The third-order valence-corrected chi connectivity index (χ3v) is 4.19. The largest absolute Gasteiger partial charge is 0.495 e. The van der Waals surface area contributed by atoms with E-state index in [9.17, 15) is 10.4 Å². The molecule has 0 spiro atoms. The van der Waals surface area contributed by atoms with Crippen LogP contribution in [-0.2, 0) is 10.3 Å². The first-order chi connectivity index (χ1) is 9.16. The molecule has 2 aliphatic rings. The first kappa shape index (κ1) is 12.5. The lowest BCUT2D eigenvalue weighted by atomic mass is 9.81. The molecule has 1 N–H and O–H groups in total. The number of hydrogen-bond acceptors (Lipinski definition) is 4. The Morgan fingerprint density at radius 1 is 1.37 bits per heavy atom. The third-order valence-electron chi connectivity index (χ3n) is 4.19. The van der Waals surface area contributed by atoms with Gasteiger partial charge in [-0.25, -0.2) is 0 Å². The number of fused-ring (bicyclic) bond motifs is 2. The Hall–Kier alpha value is -1.57. The Labute approximate surface area is 112 Å². The van der Waals surface area contributed by atoms with Crippen molar-refractivity contribution in [3.63, 3.8) is 0 Å². The second-order valence-electron chi connectivity index (χ2n) is 5.39. The van der Waals surface area contributed by atoms with Crippen LogP contribution in [0.25, 0.3) is 0 Å². The summed E-state index contributed by atoms with van der Waals surface area (Å²) in [4.78, 5) is 0. The van der Waals surface area contributed by atoms with Gasteiger partial charge in [0.15, 0.2) is 0 Å². The summed E-state index contributed by atoms with van der Waals surface area (Å²) in [5.74, 6) is 0.521. The molecule has 19 heavy (non-hydrogen) atoms. The normalized spacial score (nSPS) is 32.9. The molecule has 0 aliphatic carbocycles. The van der Waals surface area contributed by atoms with Crippen LogP contribution in [0.5, 0.6) is 5.75 Å². The molecule has 2 bridgehead atoms. The number of nitriles is 1. The van der Waals surface area contributed by atoms with Gasteiger partial charge in [0.05, 0.1) is 24.9 Å².